The Bertz CT molecular complexity index is 183. The molecule has 0 aromatic carbocycles. The van der Waals surface area contributed by atoms with Gasteiger partial charge in [-0.3, -0.25) is 0 Å². The second kappa shape index (κ2) is 10.8. The third-order valence-corrected chi connectivity index (χ3v) is 3.10. The minimum Gasteiger partial charge on any atom is -0.353 e. The van der Waals surface area contributed by atoms with Crippen molar-refractivity contribution in [2.45, 2.75) is 71.0 Å². The van der Waals surface area contributed by atoms with Crippen molar-refractivity contribution < 1.29 is 9.47 Å². The van der Waals surface area contributed by atoms with Crippen molar-refractivity contribution in [1.82, 2.24) is 0 Å². The Labute approximate surface area is 106 Å². The van der Waals surface area contributed by atoms with E-state index < -0.39 is 0 Å². The van der Waals surface area contributed by atoms with Crippen LogP contribution in [0, 0.1) is 0 Å². The maximum absolute atomic E-state index is 5.67. The van der Waals surface area contributed by atoms with E-state index in [0.717, 1.165) is 32.5 Å². The van der Waals surface area contributed by atoms with Gasteiger partial charge in [0.2, 0.25) is 0 Å². The molecule has 100 valence electrons. The monoisotopic (exact) mass is 240 g/mol. The molecule has 0 saturated carbocycles. The van der Waals surface area contributed by atoms with Crippen LogP contribution in [0.25, 0.3) is 0 Å². The molecule has 0 bridgehead atoms. The zero-order chi connectivity index (χ0) is 12.2. The van der Waals surface area contributed by atoms with Gasteiger partial charge in [0.1, 0.15) is 0 Å². The predicted molar refractivity (Wildman–Crippen MR) is 72.1 cm³/mol. The molecule has 0 spiro atoms. The maximum Gasteiger partial charge on any atom is 0.157 e. The van der Waals surface area contributed by atoms with E-state index in [1.165, 1.54) is 38.5 Å². The molecule has 0 N–H and O–H groups in total. The van der Waals surface area contributed by atoms with Crippen molar-refractivity contribution in [3.63, 3.8) is 0 Å². The van der Waals surface area contributed by atoms with Gasteiger partial charge >= 0.3 is 0 Å². The van der Waals surface area contributed by atoms with Crippen LogP contribution >= 0.6 is 0 Å². The Morgan fingerprint density at radius 2 is 1.94 bits per heavy atom. The van der Waals surface area contributed by atoms with Crippen LogP contribution in [-0.2, 0) is 9.47 Å². The van der Waals surface area contributed by atoms with Crippen LogP contribution in [0.3, 0.4) is 0 Å². The van der Waals surface area contributed by atoms with Crippen LogP contribution in [0.15, 0.2) is 12.2 Å². The van der Waals surface area contributed by atoms with Gasteiger partial charge in [0.25, 0.3) is 0 Å². The Morgan fingerprint density at radius 1 is 1.12 bits per heavy atom. The smallest absolute Gasteiger partial charge is 0.157 e. The highest BCUT2D eigenvalue weighted by molar-refractivity contribution is 4.81. The third kappa shape index (κ3) is 8.39. The zero-order valence-corrected chi connectivity index (χ0v) is 11.3. The van der Waals surface area contributed by atoms with Gasteiger partial charge in [0.05, 0.1) is 6.61 Å². The van der Waals surface area contributed by atoms with E-state index in [9.17, 15) is 0 Å². The topological polar surface area (TPSA) is 18.5 Å². The van der Waals surface area contributed by atoms with Crippen molar-refractivity contribution in [2.75, 3.05) is 13.2 Å². The van der Waals surface area contributed by atoms with Gasteiger partial charge in [0, 0.05) is 6.61 Å². The average Bonchev–Trinajstić information content (AvgIpc) is 2.38. The first-order valence-electron chi connectivity index (χ1n) is 7.31. The molecule has 2 heteroatoms. The minimum atomic E-state index is 0.0808. The fourth-order valence-electron chi connectivity index (χ4n) is 2.01. The maximum atomic E-state index is 5.67. The number of ether oxygens (including phenoxy) is 2. The van der Waals surface area contributed by atoms with Crippen LogP contribution in [0.5, 0.6) is 0 Å². The standard InChI is InChI=1S/C15H28O2/c1-2-3-4-5-6-7-8-10-13-16-15-12-9-11-14-17-15/h6-7,15H,2-5,8-14H2,1H3/b7-6-. The third-order valence-electron chi connectivity index (χ3n) is 3.10. The number of rotatable bonds is 9. The van der Waals surface area contributed by atoms with E-state index in [1.807, 2.05) is 0 Å². The van der Waals surface area contributed by atoms with Crippen molar-refractivity contribution >= 4 is 0 Å². The lowest BCUT2D eigenvalue weighted by atomic mass is 10.2. The molecule has 0 aliphatic carbocycles. The number of hydrogen-bond donors (Lipinski definition) is 0. The summed E-state index contributed by atoms with van der Waals surface area (Å²) in [5.74, 6) is 0. The molecule has 0 amide bonds. The van der Waals surface area contributed by atoms with E-state index in [1.54, 1.807) is 0 Å². The van der Waals surface area contributed by atoms with Crippen LogP contribution in [-0.4, -0.2) is 19.5 Å². The molecular formula is C15H28O2. The van der Waals surface area contributed by atoms with Crippen molar-refractivity contribution in [3.05, 3.63) is 12.2 Å². The molecule has 1 unspecified atom stereocenters. The molecule has 0 aromatic heterocycles. The molecule has 1 rings (SSSR count). The average molecular weight is 240 g/mol. The summed E-state index contributed by atoms with van der Waals surface area (Å²) < 4.78 is 11.2. The van der Waals surface area contributed by atoms with Gasteiger partial charge in [-0.05, 0) is 44.9 Å². The molecule has 17 heavy (non-hydrogen) atoms. The van der Waals surface area contributed by atoms with E-state index in [4.69, 9.17) is 9.47 Å². The Balaban J connectivity index is 1.83. The predicted octanol–water partition coefficient (Wildman–Crippen LogP) is 4.45. The summed E-state index contributed by atoms with van der Waals surface area (Å²) in [6.07, 6.45) is 15.7. The molecule has 2 nitrogen and oxygen atoms in total. The Kier molecular flexibility index (Phi) is 9.34. The summed E-state index contributed by atoms with van der Waals surface area (Å²) in [7, 11) is 0. The molecule has 0 aromatic rings. The lowest BCUT2D eigenvalue weighted by Crippen LogP contribution is -2.22. The molecule has 1 fully saturated rings. The molecule has 1 heterocycles. The normalized spacial score (nSPS) is 21.1. The highest BCUT2D eigenvalue weighted by Gasteiger charge is 2.12. The van der Waals surface area contributed by atoms with Gasteiger partial charge in [-0.15, -0.1) is 0 Å². The van der Waals surface area contributed by atoms with Gasteiger partial charge in [-0.2, -0.15) is 0 Å². The van der Waals surface area contributed by atoms with Crippen LogP contribution < -0.4 is 0 Å². The van der Waals surface area contributed by atoms with Crippen LogP contribution in [0.1, 0.15) is 64.7 Å². The van der Waals surface area contributed by atoms with E-state index in [2.05, 4.69) is 19.1 Å². The van der Waals surface area contributed by atoms with Crippen molar-refractivity contribution in [3.8, 4) is 0 Å². The Morgan fingerprint density at radius 3 is 2.65 bits per heavy atom. The van der Waals surface area contributed by atoms with Gasteiger partial charge in [-0.25, -0.2) is 0 Å². The van der Waals surface area contributed by atoms with E-state index >= 15 is 0 Å². The fourth-order valence-corrected chi connectivity index (χ4v) is 2.01. The van der Waals surface area contributed by atoms with Gasteiger partial charge in [-0.1, -0.05) is 31.9 Å². The summed E-state index contributed by atoms with van der Waals surface area (Å²) in [4.78, 5) is 0. The molecular weight excluding hydrogens is 212 g/mol. The van der Waals surface area contributed by atoms with Gasteiger partial charge < -0.3 is 9.47 Å². The first-order valence-corrected chi connectivity index (χ1v) is 7.31. The highest BCUT2D eigenvalue weighted by atomic mass is 16.7. The number of hydrogen-bond acceptors (Lipinski definition) is 2. The largest absolute Gasteiger partial charge is 0.353 e. The van der Waals surface area contributed by atoms with Crippen LogP contribution in [0.2, 0.25) is 0 Å². The second-order valence-electron chi connectivity index (χ2n) is 4.78. The lowest BCUT2D eigenvalue weighted by molar-refractivity contribution is -0.162. The highest BCUT2D eigenvalue weighted by Crippen LogP contribution is 2.14. The molecule has 0 radical (unpaired) electrons. The zero-order valence-electron chi connectivity index (χ0n) is 11.3. The summed E-state index contributed by atoms with van der Waals surface area (Å²) in [5, 5.41) is 0. The van der Waals surface area contributed by atoms with Crippen molar-refractivity contribution in [2.24, 2.45) is 0 Å². The van der Waals surface area contributed by atoms with E-state index in [-0.39, 0.29) is 6.29 Å². The first-order chi connectivity index (χ1) is 8.43. The SMILES string of the molecule is CCCCC/C=C\CCCOC1CCCCO1. The quantitative estimate of drug-likeness (QED) is 0.438. The fraction of sp³-hybridized carbons (Fsp3) is 0.867. The molecule has 1 aliphatic heterocycles. The van der Waals surface area contributed by atoms with Crippen LogP contribution in [0.4, 0.5) is 0 Å². The second-order valence-corrected chi connectivity index (χ2v) is 4.78. The van der Waals surface area contributed by atoms with E-state index in [0.29, 0.717) is 0 Å². The minimum absolute atomic E-state index is 0.0808. The lowest BCUT2D eigenvalue weighted by Gasteiger charge is -2.22. The first kappa shape index (κ1) is 14.7. The molecule has 1 saturated heterocycles. The van der Waals surface area contributed by atoms with Crippen molar-refractivity contribution in [1.29, 1.82) is 0 Å². The summed E-state index contributed by atoms with van der Waals surface area (Å²) in [5.41, 5.74) is 0. The summed E-state index contributed by atoms with van der Waals surface area (Å²) in [6, 6.07) is 0. The Hall–Kier alpha value is -0.340. The van der Waals surface area contributed by atoms with Gasteiger partial charge in [0.15, 0.2) is 6.29 Å². The number of allylic oxidation sites excluding steroid dienone is 2. The number of unbranched alkanes of at least 4 members (excludes halogenated alkanes) is 4. The summed E-state index contributed by atoms with van der Waals surface area (Å²) >= 11 is 0. The molecule has 1 atom stereocenters. The molecule has 1 aliphatic rings. The summed E-state index contributed by atoms with van der Waals surface area (Å²) in [6.45, 7) is 3.96.